The molecule has 1 aliphatic heterocycles. The lowest BCUT2D eigenvalue weighted by molar-refractivity contribution is 0.0713. The topological polar surface area (TPSA) is 54.0 Å². The van der Waals surface area contributed by atoms with E-state index in [2.05, 4.69) is 17.1 Å². The molecule has 2 atom stereocenters. The van der Waals surface area contributed by atoms with Crippen LogP contribution in [-0.2, 0) is 4.74 Å². The number of rotatable bonds is 6. The van der Waals surface area contributed by atoms with Gasteiger partial charge in [-0.3, -0.25) is 0 Å². The zero-order valence-corrected chi connectivity index (χ0v) is 15.1. The summed E-state index contributed by atoms with van der Waals surface area (Å²) in [6.45, 7) is 8.57. The number of likely N-dealkylation sites (N-methyl/N-ethyl adjacent to an activating group) is 1. The Kier molecular flexibility index (Phi) is 6.87. The molecule has 1 fully saturated rings. The Morgan fingerprint density at radius 1 is 1.17 bits per heavy atom. The summed E-state index contributed by atoms with van der Waals surface area (Å²) in [5.74, 6) is 0.805. The average Bonchev–Trinajstić information content (AvgIpc) is 2.63. The van der Waals surface area contributed by atoms with Gasteiger partial charge in [0.05, 0.1) is 13.2 Å². The van der Waals surface area contributed by atoms with Crippen LogP contribution in [0.1, 0.15) is 25.5 Å². The third kappa shape index (κ3) is 4.61. The predicted molar refractivity (Wildman–Crippen MR) is 94.4 cm³/mol. The Balaban J connectivity index is 1.93. The first-order valence-electron chi connectivity index (χ1n) is 8.53. The van der Waals surface area contributed by atoms with Gasteiger partial charge < -0.3 is 24.6 Å². The number of hydrogen-bond acceptors (Lipinski definition) is 4. The van der Waals surface area contributed by atoms with Crippen molar-refractivity contribution in [1.29, 1.82) is 0 Å². The van der Waals surface area contributed by atoms with Gasteiger partial charge in [0.25, 0.3) is 0 Å². The number of benzene rings is 1. The van der Waals surface area contributed by atoms with Crippen molar-refractivity contribution in [3.05, 3.63) is 29.8 Å². The van der Waals surface area contributed by atoms with Gasteiger partial charge in [-0.1, -0.05) is 19.1 Å². The summed E-state index contributed by atoms with van der Waals surface area (Å²) in [5.41, 5.74) is 1.02. The summed E-state index contributed by atoms with van der Waals surface area (Å²) in [4.78, 5) is 16.7. The van der Waals surface area contributed by atoms with E-state index in [0.717, 1.165) is 44.0 Å². The maximum atomic E-state index is 12.5. The van der Waals surface area contributed by atoms with Crippen molar-refractivity contribution in [3.63, 3.8) is 0 Å². The van der Waals surface area contributed by atoms with E-state index in [0.29, 0.717) is 0 Å². The van der Waals surface area contributed by atoms with Crippen molar-refractivity contribution in [1.82, 2.24) is 15.1 Å². The first-order chi connectivity index (χ1) is 11.6. The molecule has 1 saturated heterocycles. The van der Waals surface area contributed by atoms with Crippen LogP contribution >= 0.6 is 0 Å². The second-order valence-electron chi connectivity index (χ2n) is 6.09. The first kappa shape index (κ1) is 18.5. The van der Waals surface area contributed by atoms with Gasteiger partial charge in [0.15, 0.2) is 0 Å². The van der Waals surface area contributed by atoms with E-state index >= 15 is 0 Å². The fourth-order valence-electron chi connectivity index (χ4n) is 3.05. The van der Waals surface area contributed by atoms with Gasteiger partial charge in [-0.2, -0.15) is 0 Å². The molecule has 0 aliphatic carbocycles. The van der Waals surface area contributed by atoms with Crippen LogP contribution in [0.5, 0.6) is 5.75 Å². The summed E-state index contributed by atoms with van der Waals surface area (Å²) >= 11 is 0. The fourth-order valence-corrected chi connectivity index (χ4v) is 3.05. The van der Waals surface area contributed by atoms with Gasteiger partial charge >= 0.3 is 6.03 Å². The smallest absolute Gasteiger partial charge is 0.317 e. The van der Waals surface area contributed by atoms with Crippen LogP contribution in [0.3, 0.4) is 0 Å². The Hall–Kier alpha value is -1.79. The molecule has 2 amide bonds. The molecule has 0 unspecified atom stereocenters. The number of carbonyl (C=O) groups excluding carboxylic acids is 1. The zero-order chi connectivity index (χ0) is 17.5. The van der Waals surface area contributed by atoms with E-state index in [1.165, 1.54) is 0 Å². The van der Waals surface area contributed by atoms with Crippen molar-refractivity contribution < 1.29 is 14.3 Å². The lowest BCUT2D eigenvalue weighted by atomic mass is 10.0. The maximum absolute atomic E-state index is 12.5. The SMILES string of the molecule is CCN1CCN(C(=O)N[C@H](C)[C@@H](OC)c2ccc(OC)cc2)CC1. The molecule has 1 N–H and O–H groups in total. The number of carbonyl (C=O) groups is 1. The van der Waals surface area contributed by atoms with Crippen LogP contribution in [0.2, 0.25) is 0 Å². The molecule has 134 valence electrons. The molecular weight excluding hydrogens is 306 g/mol. The third-order valence-electron chi connectivity index (χ3n) is 4.61. The van der Waals surface area contributed by atoms with Crippen molar-refractivity contribution in [2.45, 2.75) is 26.0 Å². The summed E-state index contributed by atoms with van der Waals surface area (Å²) in [6.07, 6.45) is -0.197. The number of hydrogen-bond donors (Lipinski definition) is 1. The van der Waals surface area contributed by atoms with E-state index in [1.54, 1.807) is 14.2 Å². The van der Waals surface area contributed by atoms with Crippen LogP contribution in [0.25, 0.3) is 0 Å². The molecule has 1 aromatic carbocycles. The van der Waals surface area contributed by atoms with Crippen molar-refractivity contribution in [2.24, 2.45) is 0 Å². The van der Waals surface area contributed by atoms with Crippen LogP contribution < -0.4 is 10.1 Å². The number of nitrogens with zero attached hydrogens (tertiary/aromatic N) is 2. The van der Waals surface area contributed by atoms with Crippen molar-refractivity contribution in [3.8, 4) is 5.75 Å². The number of nitrogens with one attached hydrogen (secondary N) is 1. The highest BCUT2D eigenvalue weighted by Crippen LogP contribution is 2.23. The number of urea groups is 1. The zero-order valence-electron chi connectivity index (χ0n) is 15.1. The molecule has 0 bridgehead atoms. The Morgan fingerprint density at radius 2 is 1.79 bits per heavy atom. The van der Waals surface area contributed by atoms with Gasteiger partial charge in [-0.25, -0.2) is 4.79 Å². The second kappa shape index (κ2) is 8.89. The largest absolute Gasteiger partial charge is 0.497 e. The quantitative estimate of drug-likeness (QED) is 0.865. The van der Waals surface area contributed by atoms with Crippen LogP contribution in [0, 0.1) is 0 Å². The molecule has 1 aromatic rings. The standard InChI is InChI=1S/C18H29N3O3/c1-5-20-10-12-21(13-11-20)18(22)19-14(2)17(24-4)15-6-8-16(23-3)9-7-15/h6-9,14,17H,5,10-13H2,1-4H3,(H,19,22)/t14-,17-/m1/s1. The minimum atomic E-state index is -0.197. The van der Waals surface area contributed by atoms with Crippen LogP contribution in [0.15, 0.2) is 24.3 Å². The average molecular weight is 335 g/mol. The highest BCUT2D eigenvalue weighted by Gasteiger charge is 2.25. The molecule has 0 radical (unpaired) electrons. The van der Waals surface area contributed by atoms with Crippen molar-refractivity contribution >= 4 is 6.03 Å². The van der Waals surface area contributed by atoms with E-state index in [1.807, 2.05) is 36.1 Å². The molecule has 1 aliphatic rings. The summed E-state index contributed by atoms with van der Waals surface area (Å²) in [6, 6.07) is 7.60. The molecule has 6 nitrogen and oxygen atoms in total. The fraction of sp³-hybridized carbons (Fsp3) is 0.611. The third-order valence-corrected chi connectivity index (χ3v) is 4.61. The molecule has 0 spiro atoms. The van der Waals surface area contributed by atoms with E-state index in [-0.39, 0.29) is 18.2 Å². The van der Waals surface area contributed by atoms with Gasteiger partial charge in [-0.05, 0) is 31.2 Å². The number of amides is 2. The molecular formula is C18H29N3O3. The van der Waals surface area contributed by atoms with Gasteiger partial charge in [0.1, 0.15) is 11.9 Å². The summed E-state index contributed by atoms with van der Waals surface area (Å²) < 4.78 is 10.8. The Labute approximate surface area is 144 Å². The second-order valence-corrected chi connectivity index (χ2v) is 6.09. The molecule has 24 heavy (non-hydrogen) atoms. The summed E-state index contributed by atoms with van der Waals surface area (Å²) in [7, 11) is 3.31. The molecule has 1 heterocycles. The van der Waals surface area contributed by atoms with E-state index < -0.39 is 0 Å². The van der Waals surface area contributed by atoms with Crippen LogP contribution in [0.4, 0.5) is 4.79 Å². The van der Waals surface area contributed by atoms with E-state index in [9.17, 15) is 4.79 Å². The first-order valence-corrected chi connectivity index (χ1v) is 8.53. The minimum Gasteiger partial charge on any atom is -0.497 e. The predicted octanol–water partition coefficient (Wildman–Crippen LogP) is 2.12. The molecule has 0 aromatic heterocycles. The number of ether oxygens (including phenoxy) is 2. The van der Waals surface area contributed by atoms with Crippen LogP contribution in [-0.4, -0.2) is 68.8 Å². The monoisotopic (exact) mass is 335 g/mol. The van der Waals surface area contributed by atoms with Gasteiger partial charge in [0, 0.05) is 33.3 Å². The van der Waals surface area contributed by atoms with E-state index in [4.69, 9.17) is 9.47 Å². The normalized spacial score (nSPS) is 18.1. The van der Waals surface area contributed by atoms with Gasteiger partial charge in [-0.15, -0.1) is 0 Å². The lowest BCUT2D eigenvalue weighted by Crippen LogP contribution is -2.53. The highest BCUT2D eigenvalue weighted by molar-refractivity contribution is 5.74. The number of methoxy groups -OCH3 is 2. The highest BCUT2D eigenvalue weighted by atomic mass is 16.5. The Morgan fingerprint density at radius 3 is 2.29 bits per heavy atom. The lowest BCUT2D eigenvalue weighted by Gasteiger charge is -2.35. The summed E-state index contributed by atoms with van der Waals surface area (Å²) in [5, 5.41) is 3.07. The maximum Gasteiger partial charge on any atom is 0.317 e. The molecule has 2 rings (SSSR count). The van der Waals surface area contributed by atoms with Crippen molar-refractivity contribution in [2.75, 3.05) is 46.9 Å². The number of piperazine rings is 1. The van der Waals surface area contributed by atoms with Gasteiger partial charge in [0.2, 0.25) is 0 Å². The minimum absolute atomic E-state index is 0.0196. The molecule has 6 heteroatoms. The molecule has 0 saturated carbocycles. The Bertz CT molecular complexity index is 513.